The average molecular weight is 690 g/mol. The summed E-state index contributed by atoms with van der Waals surface area (Å²) in [5.41, 5.74) is 14.4. The molecule has 0 bridgehead atoms. The van der Waals surface area contributed by atoms with Crippen LogP contribution in [-0.4, -0.2) is 0 Å². The van der Waals surface area contributed by atoms with Gasteiger partial charge in [0.25, 0.3) is 0 Å². The van der Waals surface area contributed by atoms with E-state index in [9.17, 15) is 0 Å². The lowest BCUT2D eigenvalue weighted by molar-refractivity contribution is 0.669. The molecule has 0 spiro atoms. The van der Waals surface area contributed by atoms with Crippen molar-refractivity contribution in [3.63, 3.8) is 0 Å². The van der Waals surface area contributed by atoms with Gasteiger partial charge >= 0.3 is 0 Å². The minimum absolute atomic E-state index is 0.866. The number of rotatable bonds is 7. The fourth-order valence-corrected chi connectivity index (χ4v) is 7.81. The Hall–Kier alpha value is -7.16. The lowest BCUT2D eigenvalue weighted by atomic mass is 9.95. The van der Waals surface area contributed by atoms with E-state index in [0.29, 0.717) is 0 Å². The summed E-state index contributed by atoms with van der Waals surface area (Å²) >= 11 is 0. The Bertz CT molecular complexity index is 2920. The number of fused-ring (bicyclic) bond motifs is 4. The molecule has 2 nitrogen and oxygen atoms in total. The lowest BCUT2D eigenvalue weighted by Gasteiger charge is -2.28. The second-order valence-electron chi connectivity index (χ2n) is 13.7. The summed E-state index contributed by atoms with van der Waals surface area (Å²) in [6.07, 6.45) is 0. The van der Waals surface area contributed by atoms with Crippen LogP contribution >= 0.6 is 0 Å². The molecule has 0 aliphatic heterocycles. The summed E-state index contributed by atoms with van der Waals surface area (Å²) in [7, 11) is 0. The van der Waals surface area contributed by atoms with E-state index in [0.717, 1.165) is 50.1 Å². The maximum atomic E-state index is 6.41. The van der Waals surface area contributed by atoms with Crippen LogP contribution in [0.5, 0.6) is 0 Å². The largest absolute Gasteiger partial charge is 0.456 e. The topological polar surface area (TPSA) is 16.4 Å². The van der Waals surface area contributed by atoms with Gasteiger partial charge in [-0.3, -0.25) is 0 Å². The van der Waals surface area contributed by atoms with Gasteiger partial charge in [-0.15, -0.1) is 0 Å². The molecule has 0 saturated carbocycles. The van der Waals surface area contributed by atoms with Crippen LogP contribution in [0.4, 0.5) is 17.1 Å². The first kappa shape index (κ1) is 31.6. The first-order valence-electron chi connectivity index (χ1n) is 18.4. The van der Waals surface area contributed by atoms with Gasteiger partial charge in [0, 0.05) is 33.8 Å². The van der Waals surface area contributed by atoms with Gasteiger partial charge in [-0.05, 0) is 92.2 Å². The number of anilines is 3. The van der Waals surface area contributed by atoms with Crippen LogP contribution in [0.2, 0.25) is 0 Å². The van der Waals surface area contributed by atoms with Gasteiger partial charge in [0.05, 0.1) is 5.69 Å². The molecule has 10 aromatic rings. The fraction of sp³-hybridized carbons (Fsp3) is 0. The van der Waals surface area contributed by atoms with Gasteiger partial charge in [-0.2, -0.15) is 0 Å². The minimum atomic E-state index is 0.866. The summed E-state index contributed by atoms with van der Waals surface area (Å²) < 4.78 is 6.41. The Morgan fingerprint density at radius 3 is 1.72 bits per heavy atom. The monoisotopic (exact) mass is 689 g/mol. The maximum absolute atomic E-state index is 6.41. The molecule has 1 aromatic heterocycles. The zero-order valence-electron chi connectivity index (χ0n) is 29.6. The van der Waals surface area contributed by atoms with Crippen molar-refractivity contribution in [1.82, 2.24) is 0 Å². The van der Waals surface area contributed by atoms with Gasteiger partial charge in [0.1, 0.15) is 11.2 Å². The molecule has 0 aliphatic rings. The van der Waals surface area contributed by atoms with E-state index in [1.165, 1.54) is 44.2 Å². The number of hydrogen-bond acceptors (Lipinski definition) is 2. The molecular weight excluding hydrogens is 655 g/mol. The summed E-state index contributed by atoms with van der Waals surface area (Å²) in [4.78, 5) is 2.35. The highest BCUT2D eigenvalue weighted by Gasteiger charge is 2.19. The standard InChI is InChI=1S/C52H35NO/c1-2-12-36(13-3-1)37-24-26-40(27-25-37)47-19-6-8-22-50(47)53(44-32-33-49-48-20-7-9-23-51(48)54-52(49)35-44)43-30-28-38(29-31-43)41-16-10-17-42(34-41)46-21-11-15-39-14-4-5-18-45(39)46/h1-35H. The number of benzene rings is 9. The molecule has 0 saturated heterocycles. The van der Waals surface area contributed by atoms with Crippen molar-refractivity contribution in [2.24, 2.45) is 0 Å². The average Bonchev–Trinajstić information content (AvgIpc) is 3.62. The number of hydrogen-bond donors (Lipinski definition) is 0. The molecule has 10 rings (SSSR count). The highest BCUT2D eigenvalue weighted by molar-refractivity contribution is 6.06. The summed E-state index contributed by atoms with van der Waals surface area (Å²) in [6.45, 7) is 0. The van der Waals surface area contributed by atoms with Crippen molar-refractivity contribution in [3.8, 4) is 44.5 Å². The van der Waals surface area contributed by atoms with Crippen LogP contribution in [0.1, 0.15) is 0 Å². The molecule has 0 unspecified atom stereocenters. The molecule has 2 heteroatoms. The molecule has 54 heavy (non-hydrogen) atoms. The third kappa shape index (κ3) is 5.71. The highest BCUT2D eigenvalue weighted by Crippen LogP contribution is 2.43. The molecule has 0 atom stereocenters. The second-order valence-corrected chi connectivity index (χ2v) is 13.7. The Kier molecular flexibility index (Phi) is 7.85. The third-order valence-electron chi connectivity index (χ3n) is 10.5. The molecule has 0 N–H and O–H groups in total. The van der Waals surface area contributed by atoms with Crippen LogP contribution in [0.15, 0.2) is 217 Å². The number of furan rings is 1. The smallest absolute Gasteiger partial charge is 0.137 e. The van der Waals surface area contributed by atoms with Gasteiger partial charge in [-0.1, -0.05) is 164 Å². The van der Waals surface area contributed by atoms with Crippen molar-refractivity contribution < 1.29 is 4.42 Å². The Morgan fingerprint density at radius 2 is 0.852 bits per heavy atom. The van der Waals surface area contributed by atoms with Crippen LogP contribution in [0.3, 0.4) is 0 Å². The fourth-order valence-electron chi connectivity index (χ4n) is 7.81. The van der Waals surface area contributed by atoms with Gasteiger partial charge in [0.15, 0.2) is 0 Å². The second kappa shape index (κ2) is 13.4. The van der Waals surface area contributed by atoms with Gasteiger partial charge < -0.3 is 9.32 Å². The molecule has 9 aromatic carbocycles. The first-order valence-corrected chi connectivity index (χ1v) is 18.4. The molecule has 0 radical (unpaired) electrons. The third-order valence-corrected chi connectivity index (χ3v) is 10.5. The Balaban J connectivity index is 1.08. The van der Waals surface area contributed by atoms with Crippen molar-refractivity contribution in [2.75, 3.05) is 4.90 Å². The predicted octanol–water partition coefficient (Wildman–Crippen LogP) is 14.9. The first-order chi connectivity index (χ1) is 26.8. The van der Waals surface area contributed by atoms with E-state index < -0.39 is 0 Å². The van der Waals surface area contributed by atoms with Crippen molar-refractivity contribution in [2.45, 2.75) is 0 Å². The minimum Gasteiger partial charge on any atom is -0.456 e. The van der Waals surface area contributed by atoms with Gasteiger partial charge in [0.2, 0.25) is 0 Å². The normalized spacial score (nSPS) is 11.3. The summed E-state index contributed by atoms with van der Waals surface area (Å²) in [5.74, 6) is 0. The maximum Gasteiger partial charge on any atom is 0.137 e. The van der Waals surface area contributed by atoms with Crippen molar-refractivity contribution in [3.05, 3.63) is 212 Å². The van der Waals surface area contributed by atoms with Crippen molar-refractivity contribution in [1.29, 1.82) is 0 Å². The van der Waals surface area contributed by atoms with Crippen LogP contribution < -0.4 is 4.90 Å². The molecule has 1 heterocycles. The number of para-hydroxylation sites is 2. The zero-order chi connectivity index (χ0) is 35.8. The SMILES string of the molecule is c1ccc(-c2ccc(-c3ccccc3N(c3ccc(-c4cccc(-c5cccc6ccccc56)c4)cc3)c3ccc4c(c3)oc3ccccc34)cc2)cc1. The quantitative estimate of drug-likeness (QED) is 0.166. The number of nitrogens with zero attached hydrogens (tertiary/aromatic N) is 1. The predicted molar refractivity (Wildman–Crippen MR) is 228 cm³/mol. The zero-order valence-corrected chi connectivity index (χ0v) is 29.6. The van der Waals surface area contributed by atoms with Gasteiger partial charge in [-0.25, -0.2) is 0 Å². The van der Waals surface area contributed by atoms with Crippen molar-refractivity contribution >= 4 is 49.8 Å². The summed E-state index contributed by atoms with van der Waals surface area (Å²) in [6, 6.07) is 75.9. The Labute approximate surface area is 314 Å². The molecular formula is C52H35NO. The van der Waals surface area contributed by atoms with E-state index >= 15 is 0 Å². The van der Waals surface area contributed by atoms with E-state index in [4.69, 9.17) is 4.42 Å². The lowest BCUT2D eigenvalue weighted by Crippen LogP contribution is -2.11. The highest BCUT2D eigenvalue weighted by atomic mass is 16.3. The Morgan fingerprint density at radius 1 is 0.296 bits per heavy atom. The molecule has 0 fully saturated rings. The summed E-state index contributed by atoms with van der Waals surface area (Å²) in [5, 5.41) is 4.75. The van der Waals surface area contributed by atoms with Crippen LogP contribution in [-0.2, 0) is 0 Å². The van der Waals surface area contributed by atoms with Crippen LogP contribution in [0.25, 0.3) is 77.2 Å². The van der Waals surface area contributed by atoms with E-state index in [2.05, 4.69) is 205 Å². The van der Waals surface area contributed by atoms with E-state index in [1.54, 1.807) is 0 Å². The van der Waals surface area contributed by atoms with E-state index in [1.807, 2.05) is 12.1 Å². The molecule has 254 valence electrons. The van der Waals surface area contributed by atoms with Crippen LogP contribution in [0, 0.1) is 0 Å². The molecule has 0 aliphatic carbocycles. The molecule has 0 amide bonds. The van der Waals surface area contributed by atoms with E-state index in [-0.39, 0.29) is 0 Å².